The Hall–Kier alpha value is -4.70. The lowest BCUT2D eigenvalue weighted by molar-refractivity contribution is -0.394. The average molecular weight is 424 g/mol. The fourth-order valence-corrected chi connectivity index (χ4v) is 1.96. The van der Waals surface area contributed by atoms with Gasteiger partial charge in [0.2, 0.25) is 11.5 Å². The Bertz CT molecular complexity index is 1050. The molecule has 0 fully saturated rings. The highest BCUT2D eigenvalue weighted by Gasteiger charge is 2.28. The van der Waals surface area contributed by atoms with Crippen LogP contribution in [0.1, 0.15) is 0 Å². The van der Waals surface area contributed by atoms with E-state index in [1.165, 1.54) is 0 Å². The zero-order valence-electron chi connectivity index (χ0n) is 14.3. The number of hydrogen-bond acceptors (Lipinski definition) is 13. The molecule has 2 N–H and O–H groups in total. The molecule has 0 spiro atoms. The molecular weight excluding hydrogens is 416 g/mol. The zero-order chi connectivity index (χ0) is 22.4. The molecule has 0 aliphatic heterocycles. The monoisotopic (exact) mass is 424 g/mol. The van der Waals surface area contributed by atoms with Crippen molar-refractivity contribution in [3.05, 3.63) is 66.7 Å². The number of rotatable bonds is 7. The first kappa shape index (κ1) is 21.6. The van der Waals surface area contributed by atoms with Gasteiger partial charge in [-0.05, 0) is 18.2 Å². The molecule has 0 saturated carbocycles. The summed E-state index contributed by atoms with van der Waals surface area (Å²) in [5.74, 6) is -0.605. The van der Waals surface area contributed by atoms with Crippen LogP contribution in [0.3, 0.4) is 0 Å². The van der Waals surface area contributed by atoms with Crippen LogP contribution in [0.2, 0.25) is 0 Å². The van der Waals surface area contributed by atoms with Crippen LogP contribution in [0.15, 0.2) is 36.4 Å². The van der Waals surface area contributed by atoms with Crippen molar-refractivity contribution >= 4 is 29.0 Å². The largest absolute Gasteiger partial charge is 0.423 e. The summed E-state index contributed by atoms with van der Waals surface area (Å²) in [7, 11) is 0. The highest BCUT2D eigenvalue weighted by Crippen LogP contribution is 2.33. The fraction of sp³-hybridized carbons (Fsp3) is 0. The second kappa shape index (κ2) is 8.99. The first-order valence-electron chi connectivity index (χ1n) is 7.32. The van der Waals surface area contributed by atoms with Gasteiger partial charge in [0, 0.05) is 6.07 Å². The lowest BCUT2D eigenvalue weighted by atomic mass is 10.2. The van der Waals surface area contributed by atoms with Gasteiger partial charge in [-0.3, -0.25) is 30.3 Å². The number of carbonyl (C=O) groups is 2. The van der Waals surface area contributed by atoms with Gasteiger partial charge in [0.25, 0.3) is 5.69 Å². The van der Waals surface area contributed by atoms with E-state index in [0.717, 1.165) is 30.3 Å². The summed E-state index contributed by atoms with van der Waals surface area (Å²) in [5.41, 5.74) is -2.45. The van der Waals surface area contributed by atoms with Gasteiger partial charge in [0.1, 0.15) is 0 Å². The number of esters is 2. The summed E-state index contributed by atoms with van der Waals surface area (Å²) in [6, 6.07) is 4.73. The first-order chi connectivity index (χ1) is 14.1. The maximum atomic E-state index is 11.9. The van der Waals surface area contributed by atoms with E-state index in [4.69, 9.17) is 0 Å². The molecule has 0 unspecified atom stereocenters. The molecule has 0 radical (unpaired) electrons. The molecule has 2 rings (SSSR count). The molecule has 2 aromatic carbocycles. The maximum Gasteiger partial charge on any atom is 0.423 e. The van der Waals surface area contributed by atoms with E-state index in [-0.39, 0.29) is 5.75 Å². The van der Waals surface area contributed by atoms with Gasteiger partial charge < -0.3 is 14.4 Å². The molecule has 2 aromatic rings. The van der Waals surface area contributed by atoms with Gasteiger partial charge in [-0.25, -0.2) is 9.59 Å². The number of non-ortho nitro benzene ring substituents is 1. The Morgan fingerprint density at radius 1 is 0.767 bits per heavy atom. The Kier molecular flexibility index (Phi) is 6.47. The van der Waals surface area contributed by atoms with Crippen molar-refractivity contribution in [3.8, 4) is 17.2 Å². The van der Waals surface area contributed by atoms with E-state index >= 15 is 0 Å². The SMILES string of the molecule is NOOc1ccc(OC(=O)C(=O)Oc2ccc([N+](=O)[O-])cc2[N+](=O)[O-])c([N+](=O)[O-])c1. The van der Waals surface area contributed by atoms with Crippen molar-refractivity contribution in [2.45, 2.75) is 0 Å². The van der Waals surface area contributed by atoms with Crippen molar-refractivity contribution in [1.29, 1.82) is 0 Å². The second-order valence-electron chi connectivity index (χ2n) is 5.01. The van der Waals surface area contributed by atoms with Gasteiger partial charge in [0.05, 0.1) is 26.9 Å². The summed E-state index contributed by atoms with van der Waals surface area (Å²) in [4.78, 5) is 61.8. The van der Waals surface area contributed by atoms with Crippen molar-refractivity contribution in [3.63, 3.8) is 0 Å². The lowest BCUT2D eigenvalue weighted by Crippen LogP contribution is -2.26. The van der Waals surface area contributed by atoms with Crippen LogP contribution in [-0.4, -0.2) is 26.7 Å². The van der Waals surface area contributed by atoms with Crippen LogP contribution in [0.4, 0.5) is 17.1 Å². The lowest BCUT2D eigenvalue weighted by Gasteiger charge is -2.07. The number of benzene rings is 2. The van der Waals surface area contributed by atoms with Crippen LogP contribution >= 0.6 is 0 Å². The van der Waals surface area contributed by atoms with Crippen molar-refractivity contribution in [2.75, 3.05) is 0 Å². The number of nitro benzene ring substituents is 3. The molecule has 0 amide bonds. The minimum atomic E-state index is -1.79. The molecule has 0 atom stereocenters. The van der Waals surface area contributed by atoms with Crippen LogP contribution in [-0.2, 0) is 14.6 Å². The molecule has 0 aliphatic carbocycles. The van der Waals surface area contributed by atoms with E-state index in [1.54, 1.807) is 0 Å². The number of carbonyl (C=O) groups excluding carboxylic acids is 2. The molecule has 16 nitrogen and oxygen atoms in total. The summed E-state index contributed by atoms with van der Waals surface area (Å²) >= 11 is 0. The minimum Gasteiger partial charge on any atom is -0.411 e. The smallest absolute Gasteiger partial charge is 0.411 e. The summed E-state index contributed by atoms with van der Waals surface area (Å²) in [6.45, 7) is 0. The third-order valence-corrected chi connectivity index (χ3v) is 3.19. The maximum absolute atomic E-state index is 11.9. The van der Waals surface area contributed by atoms with Crippen LogP contribution < -0.4 is 20.3 Å². The molecular formula is C14H8N4O12. The van der Waals surface area contributed by atoms with Crippen molar-refractivity contribution in [1.82, 2.24) is 0 Å². The Balaban J connectivity index is 2.23. The molecule has 16 heteroatoms. The Morgan fingerprint density at radius 3 is 1.73 bits per heavy atom. The van der Waals surface area contributed by atoms with Crippen LogP contribution in [0.25, 0.3) is 0 Å². The van der Waals surface area contributed by atoms with E-state index in [9.17, 15) is 39.9 Å². The van der Waals surface area contributed by atoms with E-state index in [1.807, 2.05) is 0 Å². The summed E-state index contributed by atoms with van der Waals surface area (Å²) in [6.07, 6.45) is 0. The normalized spacial score (nSPS) is 10.0. The average Bonchev–Trinajstić information content (AvgIpc) is 2.68. The number of nitro groups is 3. The van der Waals surface area contributed by atoms with Gasteiger partial charge >= 0.3 is 23.3 Å². The van der Waals surface area contributed by atoms with Crippen molar-refractivity contribution in [2.24, 2.45) is 5.90 Å². The molecule has 0 aromatic heterocycles. The minimum absolute atomic E-state index is 0.229. The van der Waals surface area contributed by atoms with Crippen LogP contribution in [0.5, 0.6) is 17.2 Å². The zero-order valence-corrected chi connectivity index (χ0v) is 14.3. The second-order valence-corrected chi connectivity index (χ2v) is 5.01. The predicted molar refractivity (Wildman–Crippen MR) is 90.0 cm³/mol. The molecule has 30 heavy (non-hydrogen) atoms. The van der Waals surface area contributed by atoms with Gasteiger partial charge in [-0.1, -0.05) is 4.99 Å². The van der Waals surface area contributed by atoms with E-state index in [0.29, 0.717) is 6.07 Å². The summed E-state index contributed by atoms with van der Waals surface area (Å²) in [5, 5.41) is 32.8. The van der Waals surface area contributed by atoms with Gasteiger partial charge in [0.15, 0.2) is 5.75 Å². The Labute approximate surface area is 163 Å². The van der Waals surface area contributed by atoms with E-state index < -0.39 is 55.3 Å². The number of ether oxygens (including phenoxy) is 2. The Morgan fingerprint density at radius 2 is 1.27 bits per heavy atom. The number of nitrogens with two attached hydrogens (primary N) is 1. The molecule has 156 valence electrons. The highest BCUT2D eigenvalue weighted by molar-refractivity contribution is 6.31. The third kappa shape index (κ3) is 4.97. The van der Waals surface area contributed by atoms with Crippen molar-refractivity contribution < 1.29 is 43.7 Å². The number of hydrogen-bond donors (Lipinski definition) is 1. The quantitative estimate of drug-likeness (QED) is 0.164. The molecule has 0 bridgehead atoms. The molecule has 0 aliphatic rings. The predicted octanol–water partition coefficient (Wildman–Crippen LogP) is 1.11. The van der Waals surface area contributed by atoms with Crippen LogP contribution in [0, 0.1) is 30.3 Å². The van der Waals surface area contributed by atoms with Gasteiger partial charge in [-0.2, -0.15) is 5.90 Å². The van der Waals surface area contributed by atoms with Gasteiger partial charge in [-0.15, -0.1) is 0 Å². The summed E-state index contributed by atoms with van der Waals surface area (Å²) < 4.78 is 9.10. The highest BCUT2D eigenvalue weighted by atomic mass is 17.3. The standard InChI is InChI=1S/C14H8N4O12/c15-30-29-8-2-4-12(10(6-8)18(25)26)28-14(20)13(19)27-11-3-1-7(16(21)22)5-9(11)17(23)24/h1-6H,15H2. The topological polar surface area (TPSA) is 226 Å². The molecule has 0 heterocycles. The molecule has 0 saturated heterocycles. The first-order valence-corrected chi connectivity index (χ1v) is 7.32. The third-order valence-electron chi connectivity index (χ3n) is 3.19. The van der Waals surface area contributed by atoms with E-state index in [2.05, 4.69) is 25.2 Å². The fourth-order valence-electron chi connectivity index (χ4n) is 1.96. The number of nitrogens with zero attached hydrogens (tertiary/aromatic N) is 3.